The fraction of sp³-hybridized carbons (Fsp3) is 0.860. The van der Waals surface area contributed by atoms with Crippen molar-refractivity contribution in [3.63, 3.8) is 0 Å². The van der Waals surface area contributed by atoms with Crippen LogP contribution >= 0.6 is 0 Å². The molecule has 3 heterocycles. The summed E-state index contributed by atoms with van der Waals surface area (Å²) in [6, 6.07) is 0. The SMILES string of the molecule is CCC(O)C(O)C(O)C(O)O/C(=C(/OC1OC2OC2C(O)C1O)C(O)CCO)C(O)O[C@H]1CCC2C(=CCC3C2CC[C@@]2(C)C3CC3OC(O)(/C=C/C(C)C)[C@@H](C)C32)C1. The molecule has 16 nitrogen and oxygen atoms in total. The zero-order valence-corrected chi connectivity index (χ0v) is 34.8. The van der Waals surface area contributed by atoms with Gasteiger partial charge in [0.15, 0.2) is 23.6 Å². The Hall–Kier alpha value is -1.74. The Bertz CT molecular complexity index is 1550. The highest BCUT2D eigenvalue weighted by molar-refractivity contribution is 5.23. The number of allylic oxidation sites excluding steroid dienone is 2. The molecule has 3 saturated heterocycles. The molecule has 16 heteroatoms. The highest BCUT2D eigenvalue weighted by Gasteiger charge is 2.66. The van der Waals surface area contributed by atoms with E-state index in [2.05, 4.69) is 33.8 Å². The van der Waals surface area contributed by atoms with Crippen molar-refractivity contribution in [2.75, 3.05) is 6.61 Å². The van der Waals surface area contributed by atoms with E-state index in [4.69, 9.17) is 28.4 Å². The van der Waals surface area contributed by atoms with Crippen LogP contribution in [-0.4, -0.2) is 144 Å². The summed E-state index contributed by atoms with van der Waals surface area (Å²) in [4.78, 5) is 0. The van der Waals surface area contributed by atoms with Crippen LogP contribution in [0, 0.1) is 46.8 Å². The van der Waals surface area contributed by atoms with Crippen molar-refractivity contribution in [1.82, 2.24) is 0 Å². The van der Waals surface area contributed by atoms with Crippen LogP contribution < -0.4 is 0 Å². The molecule has 7 aliphatic rings. The van der Waals surface area contributed by atoms with Gasteiger partial charge in [0, 0.05) is 18.9 Å². The van der Waals surface area contributed by atoms with Crippen molar-refractivity contribution in [2.24, 2.45) is 46.8 Å². The molecule has 3 saturated carbocycles. The summed E-state index contributed by atoms with van der Waals surface area (Å²) in [6.07, 6.45) is -6.91. The number of hydrogen-bond acceptors (Lipinski definition) is 16. The normalized spacial score (nSPS) is 44.8. The number of rotatable bonds is 16. The van der Waals surface area contributed by atoms with E-state index >= 15 is 0 Å². The molecule has 6 fully saturated rings. The fourth-order valence-electron chi connectivity index (χ4n) is 11.6. The molecule has 0 aromatic heterocycles. The standard InChI is InChI=1S/C43H68O16/c1-6-27(45)31(47)33(49)38(51)55-37(35(28(46)13-16-44)56-40-34(50)32(48)36-41(57-36)58-40)39(52)54-22-8-10-23-21(17-22)7-9-25-24(23)12-14-42(5)26(25)18-29-30(42)20(4)43(53,59-29)15-11-19(2)3/h7,11,15,19-20,22-34,36,38-41,44-53H,6,8-10,12-14,16-18H2,1-5H3/b15-11+,37-35+/t20-,22-,23?,24?,25?,26?,27?,28?,29?,30?,31?,32?,33?,34?,36?,38?,39?,40?,41?,42-,43?/m0/s1. The third kappa shape index (κ3) is 8.66. The number of fused-ring (bicyclic) bond motifs is 8. The Labute approximate surface area is 346 Å². The maximum absolute atomic E-state index is 11.7. The zero-order valence-electron chi connectivity index (χ0n) is 34.8. The van der Waals surface area contributed by atoms with Crippen LogP contribution in [-0.2, 0) is 28.4 Å². The molecule has 0 amide bonds. The molecule has 0 radical (unpaired) electrons. The van der Waals surface area contributed by atoms with Gasteiger partial charge in [-0.3, -0.25) is 0 Å². The number of hydrogen-bond donors (Lipinski definition) is 10. The van der Waals surface area contributed by atoms with Gasteiger partial charge in [-0.2, -0.15) is 0 Å². The number of aliphatic hydroxyl groups excluding tert-OH is 9. The first kappa shape index (κ1) is 45.3. The Kier molecular flexibility index (Phi) is 13.7. The lowest BCUT2D eigenvalue weighted by Gasteiger charge is -2.54. The summed E-state index contributed by atoms with van der Waals surface area (Å²) in [5.74, 6) is -0.345. The molecule has 0 aromatic rings. The van der Waals surface area contributed by atoms with Gasteiger partial charge in [-0.05, 0) is 98.4 Å². The predicted molar refractivity (Wildman–Crippen MR) is 207 cm³/mol. The molecule has 4 aliphatic carbocycles. The van der Waals surface area contributed by atoms with Gasteiger partial charge in [-0.15, -0.1) is 0 Å². The average Bonchev–Trinajstić information content (AvgIpc) is 3.86. The van der Waals surface area contributed by atoms with Crippen molar-refractivity contribution in [3.8, 4) is 0 Å². The molecule has 59 heavy (non-hydrogen) atoms. The van der Waals surface area contributed by atoms with Gasteiger partial charge in [0.25, 0.3) is 0 Å². The maximum atomic E-state index is 11.7. The van der Waals surface area contributed by atoms with Gasteiger partial charge in [0.1, 0.15) is 36.6 Å². The monoisotopic (exact) mass is 840 g/mol. The highest BCUT2D eigenvalue weighted by atomic mass is 16.8. The molecule has 0 aromatic carbocycles. The van der Waals surface area contributed by atoms with E-state index < -0.39 is 97.9 Å². The van der Waals surface area contributed by atoms with Crippen molar-refractivity contribution in [2.45, 2.75) is 178 Å². The van der Waals surface area contributed by atoms with E-state index in [0.717, 1.165) is 32.1 Å². The number of ether oxygens (including phenoxy) is 6. The second-order valence-electron chi connectivity index (χ2n) is 18.8. The smallest absolute Gasteiger partial charge is 0.231 e. The molecule has 18 unspecified atom stereocenters. The van der Waals surface area contributed by atoms with Crippen LogP contribution in [0.4, 0.5) is 0 Å². The number of epoxide rings is 1. The van der Waals surface area contributed by atoms with Crippen molar-refractivity contribution < 1.29 is 79.5 Å². The summed E-state index contributed by atoms with van der Waals surface area (Å²) >= 11 is 0. The minimum atomic E-state index is -2.29. The molecule has 336 valence electrons. The second-order valence-corrected chi connectivity index (χ2v) is 18.8. The van der Waals surface area contributed by atoms with E-state index in [-0.39, 0.29) is 36.2 Å². The third-order valence-corrected chi connectivity index (χ3v) is 14.9. The van der Waals surface area contributed by atoms with Gasteiger partial charge >= 0.3 is 0 Å². The summed E-state index contributed by atoms with van der Waals surface area (Å²) in [5, 5.41) is 108. The summed E-state index contributed by atoms with van der Waals surface area (Å²) in [5.41, 5.74) is 1.28. The third-order valence-electron chi connectivity index (χ3n) is 14.9. The van der Waals surface area contributed by atoms with Crippen LogP contribution in [0.5, 0.6) is 0 Å². The summed E-state index contributed by atoms with van der Waals surface area (Å²) in [6.45, 7) is 9.70. The van der Waals surface area contributed by atoms with E-state index in [1.54, 1.807) is 6.92 Å². The molecular formula is C43H68O16. The quantitative estimate of drug-likeness (QED) is 0.0451. The lowest BCUT2D eigenvalue weighted by molar-refractivity contribution is -0.245. The Morgan fingerprint density at radius 1 is 0.983 bits per heavy atom. The van der Waals surface area contributed by atoms with E-state index in [1.165, 1.54) is 5.57 Å². The lowest BCUT2D eigenvalue weighted by atomic mass is 9.51. The molecule has 3 aliphatic heterocycles. The Morgan fingerprint density at radius 2 is 1.73 bits per heavy atom. The topological polar surface area (TPSA) is 261 Å². The average molecular weight is 841 g/mol. The summed E-state index contributed by atoms with van der Waals surface area (Å²) < 4.78 is 34.8. The Morgan fingerprint density at radius 3 is 2.42 bits per heavy atom. The van der Waals surface area contributed by atoms with Crippen LogP contribution in [0.2, 0.25) is 0 Å². The first-order valence-corrected chi connectivity index (χ1v) is 21.8. The maximum Gasteiger partial charge on any atom is 0.231 e. The van der Waals surface area contributed by atoms with E-state index in [9.17, 15) is 51.1 Å². The van der Waals surface area contributed by atoms with Gasteiger partial charge in [-0.25, -0.2) is 0 Å². The minimum Gasteiger partial charge on any atom is -0.460 e. The molecule has 21 atom stereocenters. The van der Waals surface area contributed by atoms with E-state index in [0.29, 0.717) is 42.4 Å². The first-order chi connectivity index (χ1) is 27.9. The van der Waals surface area contributed by atoms with Gasteiger partial charge in [0.2, 0.25) is 18.9 Å². The fourth-order valence-corrected chi connectivity index (χ4v) is 11.6. The van der Waals surface area contributed by atoms with Crippen molar-refractivity contribution in [3.05, 3.63) is 35.3 Å². The number of aliphatic hydroxyl groups is 10. The Balaban J connectivity index is 1.08. The van der Waals surface area contributed by atoms with Crippen LogP contribution in [0.3, 0.4) is 0 Å². The molecule has 7 rings (SSSR count). The van der Waals surface area contributed by atoms with Crippen LogP contribution in [0.1, 0.15) is 92.4 Å². The lowest BCUT2D eigenvalue weighted by Crippen LogP contribution is -2.49. The first-order valence-electron chi connectivity index (χ1n) is 21.8. The molecule has 10 N–H and O–H groups in total. The van der Waals surface area contributed by atoms with Crippen LogP contribution in [0.15, 0.2) is 35.3 Å². The van der Waals surface area contributed by atoms with Gasteiger partial charge < -0.3 is 79.5 Å². The van der Waals surface area contributed by atoms with E-state index in [1.807, 2.05) is 12.2 Å². The molecule has 0 spiro atoms. The van der Waals surface area contributed by atoms with Gasteiger partial charge in [-0.1, -0.05) is 52.3 Å². The highest BCUT2D eigenvalue weighted by Crippen LogP contribution is 2.68. The second kappa shape index (κ2) is 17.8. The minimum absolute atomic E-state index is 0.00219. The molecule has 0 bridgehead atoms. The zero-order chi connectivity index (χ0) is 42.7. The predicted octanol–water partition coefficient (Wildman–Crippen LogP) is 1.03. The molecular weight excluding hydrogens is 772 g/mol. The summed E-state index contributed by atoms with van der Waals surface area (Å²) in [7, 11) is 0. The van der Waals surface area contributed by atoms with Crippen molar-refractivity contribution in [1.29, 1.82) is 0 Å². The largest absolute Gasteiger partial charge is 0.460 e. The van der Waals surface area contributed by atoms with Gasteiger partial charge in [0.05, 0.1) is 18.3 Å². The van der Waals surface area contributed by atoms with Crippen molar-refractivity contribution >= 4 is 0 Å². The van der Waals surface area contributed by atoms with Crippen LogP contribution in [0.25, 0.3) is 0 Å².